The zero-order valence-corrected chi connectivity index (χ0v) is 10.5. The summed E-state index contributed by atoms with van der Waals surface area (Å²) in [7, 11) is 0. The number of nitrogens with zero attached hydrogens (tertiary/aromatic N) is 4. The molecule has 0 saturated carbocycles. The molecule has 20 heavy (non-hydrogen) atoms. The average Bonchev–Trinajstić information content (AvgIpc) is 2.80. The van der Waals surface area contributed by atoms with Gasteiger partial charge in [0.2, 0.25) is 0 Å². The second-order valence-electron chi connectivity index (χ2n) is 3.96. The molecule has 0 spiro atoms. The largest absolute Gasteiger partial charge is 0.390 e. The molecule has 2 rings (SSSR count). The van der Waals surface area contributed by atoms with E-state index in [9.17, 15) is 9.18 Å². The Hall–Kier alpha value is -2.75. The minimum atomic E-state index is -0.403. The van der Waals surface area contributed by atoms with Gasteiger partial charge in [-0.1, -0.05) is 17.3 Å². The number of nitriles is 1. The maximum absolute atomic E-state index is 12.7. The summed E-state index contributed by atoms with van der Waals surface area (Å²) >= 11 is 0. The first-order valence-electron chi connectivity index (χ1n) is 5.88. The fourth-order valence-corrected chi connectivity index (χ4v) is 1.50. The Kier molecular flexibility index (Phi) is 4.39. The van der Waals surface area contributed by atoms with Crippen molar-refractivity contribution in [1.82, 2.24) is 5.01 Å². The van der Waals surface area contributed by atoms with Crippen molar-refractivity contribution >= 4 is 17.8 Å². The number of oxime groups is 1. The quantitative estimate of drug-likeness (QED) is 0.762. The van der Waals surface area contributed by atoms with Crippen LogP contribution in [0.3, 0.4) is 0 Å². The fraction of sp³-hybridized carbons (Fsp3) is 0.231. The minimum Gasteiger partial charge on any atom is -0.390 e. The van der Waals surface area contributed by atoms with Crippen molar-refractivity contribution < 1.29 is 14.0 Å². The molecule has 0 bridgehead atoms. The van der Waals surface area contributed by atoms with E-state index in [4.69, 9.17) is 10.1 Å². The summed E-state index contributed by atoms with van der Waals surface area (Å²) in [6, 6.07) is 7.70. The average molecular weight is 274 g/mol. The van der Waals surface area contributed by atoms with E-state index < -0.39 is 5.91 Å². The molecule has 1 aliphatic heterocycles. The summed E-state index contributed by atoms with van der Waals surface area (Å²) in [4.78, 5) is 16.8. The number of benzene rings is 1. The Balaban J connectivity index is 1.87. The maximum Gasteiger partial charge on any atom is 0.297 e. The van der Waals surface area contributed by atoms with Crippen molar-refractivity contribution in [2.75, 3.05) is 6.54 Å². The van der Waals surface area contributed by atoms with Crippen molar-refractivity contribution in [3.63, 3.8) is 0 Å². The van der Waals surface area contributed by atoms with E-state index in [0.717, 1.165) is 10.6 Å². The monoisotopic (exact) mass is 274 g/mol. The first-order chi connectivity index (χ1) is 9.70. The molecule has 0 radical (unpaired) electrons. The van der Waals surface area contributed by atoms with Gasteiger partial charge in [-0.15, -0.1) is 0 Å². The molecule has 7 heteroatoms. The number of amides is 1. The van der Waals surface area contributed by atoms with E-state index in [1.54, 1.807) is 12.1 Å². The third-order valence-corrected chi connectivity index (χ3v) is 2.52. The molecular weight excluding hydrogens is 263 g/mol. The number of hydrogen-bond acceptors (Lipinski definition) is 5. The van der Waals surface area contributed by atoms with E-state index in [2.05, 4.69) is 10.3 Å². The molecule has 1 amide bonds. The Bertz CT molecular complexity index is 589. The van der Waals surface area contributed by atoms with Crippen LogP contribution in [0.1, 0.15) is 12.0 Å². The Labute approximate surface area is 114 Å². The molecule has 1 heterocycles. The van der Waals surface area contributed by atoms with Gasteiger partial charge in [-0.05, 0) is 17.7 Å². The highest BCUT2D eigenvalue weighted by atomic mass is 19.1. The number of hydrogen-bond donors (Lipinski definition) is 0. The first-order valence-corrected chi connectivity index (χ1v) is 5.88. The summed E-state index contributed by atoms with van der Waals surface area (Å²) in [5.74, 6) is -0.731. The number of carbonyl (C=O) groups excluding carboxylic acids is 1. The SMILES string of the molecule is N#CCCN1N=CC(=NOCc2ccc(F)cc2)C1=O. The van der Waals surface area contributed by atoms with Gasteiger partial charge in [-0.3, -0.25) is 4.79 Å². The number of halogens is 1. The van der Waals surface area contributed by atoms with Crippen LogP contribution >= 0.6 is 0 Å². The molecule has 6 nitrogen and oxygen atoms in total. The minimum absolute atomic E-state index is 0.0741. The summed E-state index contributed by atoms with van der Waals surface area (Å²) in [5.41, 5.74) is 0.810. The predicted octanol–water partition coefficient (Wildman–Crippen LogP) is 1.44. The molecule has 0 aliphatic carbocycles. The number of rotatable bonds is 5. The van der Waals surface area contributed by atoms with Gasteiger partial charge in [0.1, 0.15) is 12.4 Å². The van der Waals surface area contributed by atoms with Crippen LogP contribution in [-0.4, -0.2) is 29.4 Å². The summed E-state index contributed by atoms with van der Waals surface area (Å²) in [5, 5.41) is 17.1. The Morgan fingerprint density at radius 1 is 1.40 bits per heavy atom. The lowest BCUT2D eigenvalue weighted by atomic mass is 10.2. The van der Waals surface area contributed by atoms with E-state index in [0.29, 0.717) is 0 Å². The highest BCUT2D eigenvalue weighted by Crippen LogP contribution is 2.06. The summed E-state index contributed by atoms with van der Waals surface area (Å²) in [6.07, 6.45) is 1.48. The lowest BCUT2D eigenvalue weighted by molar-refractivity contribution is -0.123. The van der Waals surface area contributed by atoms with Crippen molar-refractivity contribution in [1.29, 1.82) is 5.26 Å². The predicted molar refractivity (Wildman–Crippen MR) is 69.1 cm³/mol. The number of carbonyl (C=O) groups is 1. The van der Waals surface area contributed by atoms with Gasteiger partial charge >= 0.3 is 0 Å². The summed E-state index contributed by atoms with van der Waals surface area (Å²) in [6.45, 7) is 0.353. The normalized spacial score (nSPS) is 15.7. The van der Waals surface area contributed by atoms with Crippen LogP contribution in [0.4, 0.5) is 4.39 Å². The van der Waals surface area contributed by atoms with Crippen LogP contribution in [-0.2, 0) is 16.2 Å². The van der Waals surface area contributed by atoms with Crippen molar-refractivity contribution in [3.05, 3.63) is 35.6 Å². The first kappa shape index (κ1) is 13.7. The molecule has 0 fully saturated rings. The van der Waals surface area contributed by atoms with Crippen LogP contribution in [0.5, 0.6) is 0 Å². The highest BCUT2D eigenvalue weighted by Gasteiger charge is 2.24. The number of hydrazone groups is 1. The van der Waals surface area contributed by atoms with Gasteiger partial charge in [0.05, 0.1) is 25.2 Å². The highest BCUT2D eigenvalue weighted by molar-refractivity contribution is 6.62. The molecule has 102 valence electrons. The molecular formula is C13H11FN4O2. The Morgan fingerprint density at radius 3 is 2.85 bits per heavy atom. The zero-order valence-electron chi connectivity index (χ0n) is 10.5. The Morgan fingerprint density at radius 2 is 2.15 bits per heavy atom. The molecule has 1 aromatic carbocycles. The lowest BCUT2D eigenvalue weighted by Gasteiger charge is -2.07. The molecule has 0 unspecified atom stereocenters. The molecule has 0 atom stereocenters. The van der Waals surface area contributed by atoms with Crippen LogP contribution in [0, 0.1) is 17.1 Å². The van der Waals surface area contributed by atoms with E-state index in [1.807, 2.05) is 6.07 Å². The van der Waals surface area contributed by atoms with Gasteiger partial charge in [0.25, 0.3) is 5.91 Å². The molecule has 1 aromatic rings. The van der Waals surface area contributed by atoms with Crippen molar-refractivity contribution in [2.24, 2.45) is 10.3 Å². The zero-order chi connectivity index (χ0) is 14.4. The van der Waals surface area contributed by atoms with Crippen LogP contribution in [0.15, 0.2) is 34.5 Å². The molecule has 0 N–H and O–H groups in total. The topological polar surface area (TPSA) is 78.1 Å². The second kappa shape index (κ2) is 6.43. The third kappa shape index (κ3) is 3.38. The van der Waals surface area contributed by atoms with Gasteiger partial charge in [0, 0.05) is 0 Å². The standard InChI is InChI=1S/C13H11FN4O2/c14-11-4-2-10(3-5-11)9-20-17-12-8-16-18(13(12)19)7-1-6-15/h2-5,8H,1,7,9H2. The summed E-state index contributed by atoms with van der Waals surface area (Å²) < 4.78 is 12.7. The fourth-order valence-electron chi connectivity index (χ4n) is 1.50. The van der Waals surface area contributed by atoms with Crippen molar-refractivity contribution in [2.45, 2.75) is 13.0 Å². The molecule has 1 aliphatic rings. The van der Waals surface area contributed by atoms with Crippen LogP contribution < -0.4 is 0 Å². The van der Waals surface area contributed by atoms with E-state index >= 15 is 0 Å². The maximum atomic E-state index is 12.7. The van der Waals surface area contributed by atoms with Crippen LogP contribution in [0.2, 0.25) is 0 Å². The van der Waals surface area contributed by atoms with Gasteiger partial charge in [0.15, 0.2) is 5.71 Å². The molecule has 0 aromatic heterocycles. The van der Waals surface area contributed by atoms with Crippen molar-refractivity contribution in [3.8, 4) is 6.07 Å². The lowest BCUT2D eigenvalue weighted by Crippen LogP contribution is -2.27. The van der Waals surface area contributed by atoms with Gasteiger partial charge in [-0.25, -0.2) is 9.40 Å². The second-order valence-corrected chi connectivity index (χ2v) is 3.96. The van der Waals surface area contributed by atoms with Gasteiger partial charge < -0.3 is 4.84 Å². The van der Waals surface area contributed by atoms with E-state index in [1.165, 1.54) is 18.3 Å². The van der Waals surface area contributed by atoms with Crippen LogP contribution in [0.25, 0.3) is 0 Å². The third-order valence-electron chi connectivity index (χ3n) is 2.52. The smallest absolute Gasteiger partial charge is 0.297 e. The van der Waals surface area contributed by atoms with E-state index in [-0.39, 0.29) is 31.1 Å². The van der Waals surface area contributed by atoms with Gasteiger partial charge in [-0.2, -0.15) is 10.4 Å². The molecule has 0 saturated heterocycles.